The number of amides is 2. The van der Waals surface area contributed by atoms with Crippen LogP contribution >= 0.6 is 11.6 Å². The first kappa shape index (κ1) is 13.9. The molecule has 0 saturated carbocycles. The topological polar surface area (TPSA) is 40.6 Å². The van der Waals surface area contributed by atoms with Gasteiger partial charge in [0.2, 0.25) is 5.91 Å². The maximum absolute atomic E-state index is 12.3. The number of hydrogen-bond acceptors (Lipinski definition) is 2. The third kappa shape index (κ3) is 3.47. The molecule has 1 fully saturated rings. The Labute approximate surface area is 117 Å². The maximum Gasteiger partial charge on any atom is 0.253 e. The Kier molecular flexibility index (Phi) is 4.43. The number of benzene rings is 1. The molecule has 0 aliphatic carbocycles. The summed E-state index contributed by atoms with van der Waals surface area (Å²) >= 11 is 5.81. The van der Waals surface area contributed by atoms with Crippen LogP contribution in [0, 0.1) is 0 Å². The van der Waals surface area contributed by atoms with E-state index in [0.29, 0.717) is 30.2 Å². The van der Waals surface area contributed by atoms with Crippen molar-refractivity contribution in [2.75, 3.05) is 26.2 Å². The molecule has 5 heteroatoms. The molecule has 1 aromatic rings. The van der Waals surface area contributed by atoms with Crippen LogP contribution in [-0.2, 0) is 4.79 Å². The second kappa shape index (κ2) is 6.06. The van der Waals surface area contributed by atoms with E-state index in [1.807, 2.05) is 0 Å². The molecule has 2 rings (SSSR count). The minimum Gasteiger partial charge on any atom is -0.341 e. The zero-order valence-electron chi connectivity index (χ0n) is 10.9. The highest BCUT2D eigenvalue weighted by molar-refractivity contribution is 6.30. The van der Waals surface area contributed by atoms with Gasteiger partial charge in [0.15, 0.2) is 0 Å². The molecule has 2 amide bonds. The minimum absolute atomic E-state index is 0.00192. The Morgan fingerprint density at radius 1 is 1.00 bits per heavy atom. The largest absolute Gasteiger partial charge is 0.341 e. The first-order chi connectivity index (χ1) is 9.08. The molecule has 19 heavy (non-hydrogen) atoms. The fraction of sp³-hybridized carbons (Fsp3) is 0.429. The van der Waals surface area contributed by atoms with Crippen molar-refractivity contribution in [3.8, 4) is 0 Å². The van der Waals surface area contributed by atoms with E-state index in [1.165, 1.54) is 0 Å². The van der Waals surface area contributed by atoms with E-state index in [-0.39, 0.29) is 11.8 Å². The van der Waals surface area contributed by atoms with Crippen LogP contribution in [0.5, 0.6) is 0 Å². The molecule has 0 atom stereocenters. The average molecular weight is 281 g/mol. The van der Waals surface area contributed by atoms with Crippen LogP contribution in [0.4, 0.5) is 0 Å². The predicted molar refractivity (Wildman–Crippen MR) is 74.2 cm³/mol. The number of carbonyl (C=O) groups excluding carboxylic acids is 2. The lowest BCUT2D eigenvalue weighted by atomic mass is 10.2. The van der Waals surface area contributed by atoms with Crippen molar-refractivity contribution in [3.05, 3.63) is 34.9 Å². The molecular weight excluding hydrogens is 264 g/mol. The standard InChI is InChI=1S/C14H17ClN2O2/c1-11(18)16-7-2-8-17(10-9-16)14(19)12-3-5-13(15)6-4-12/h3-6H,2,7-10H2,1H3. The van der Waals surface area contributed by atoms with Gasteiger partial charge in [0, 0.05) is 43.7 Å². The monoisotopic (exact) mass is 280 g/mol. The van der Waals surface area contributed by atoms with E-state index in [9.17, 15) is 9.59 Å². The summed E-state index contributed by atoms with van der Waals surface area (Å²) < 4.78 is 0. The summed E-state index contributed by atoms with van der Waals surface area (Å²) in [6.45, 7) is 4.16. The van der Waals surface area contributed by atoms with E-state index in [1.54, 1.807) is 41.0 Å². The van der Waals surface area contributed by atoms with E-state index in [2.05, 4.69) is 0 Å². The van der Waals surface area contributed by atoms with Crippen LogP contribution in [-0.4, -0.2) is 47.8 Å². The fourth-order valence-electron chi connectivity index (χ4n) is 2.21. The summed E-state index contributed by atoms with van der Waals surface area (Å²) in [5.41, 5.74) is 0.640. The van der Waals surface area contributed by atoms with Gasteiger partial charge in [-0.3, -0.25) is 9.59 Å². The summed E-state index contributed by atoms with van der Waals surface area (Å²) in [5, 5.41) is 0.621. The fourth-order valence-corrected chi connectivity index (χ4v) is 2.34. The quantitative estimate of drug-likeness (QED) is 0.790. The molecule has 0 N–H and O–H groups in total. The summed E-state index contributed by atoms with van der Waals surface area (Å²) in [6, 6.07) is 6.90. The van der Waals surface area contributed by atoms with Gasteiger partial charge in [0.25, 0.3) is 5.91 Å². The molecule has 1 aliphatic heterocycles. The molecule has 1 aliphatic rings. The first-order valence-electron chi connectivity index (χ1n) is 6.38. The molecule has 1 heterocycles. The number of carbonyl (C=O) groups is 2. The van der Waals surface area contributed by atoms with Gasteiger partial charge < -0.3 is 9.80 Å². The molecule has 4 nitrogen and oxygen atoms in total. The van der Waals surface area contributed by atoms with E-state index in [4.69, 9.17) is 11.6 Å². The Bertz CT molecular complexity index is 473. The molecule has 1 aromatic carbocycles. The Morgan fingerprint density at radius 3 is 2.21 bits per heavy atom. The molecule has 0 radical (unpaired) electrons. The zero-order valence-corrected chi connectivity index (χ0v) is 11.7. The van der Waals surface area contributed by atoms with Gasteiger partial charge in [-0.15, -0.1) is 0 Å². The highest BCUT2D eigenvalue weighted by atomic mass is 35.5. The predicted octanol–water partition coefficient (Wildman–Crippen LogP) is 2.03. The van der Waals surface area contributed by atoms with Crippen LogP contribution in [0.25, 0.3) is 0 Å². The highest BCUT2D eigenvalue weighted by Crippen LogP contribution is 2.13. The van der Waals surface area contributed by atoms with Gasteiger partial charge in [0.1, 0.15) is 0 Å². The lowest BCUT2D eigenvalue weighted by Crippen LogP contribution is -2.36. The summed E-state index contributed by atoms with van der Waals surface area (Å²) in [4.78, 5) is 27.2. The molecular formula is C14H17ClN2O2. The number of nitrogens with zero attached hydrogens (tertiary/aromatic N) is 2. The molecule has 1 saturated heterocycles. The van der Waals surface area contributed by atoms with Crippen LogP contribution in [0.2, 0.25) is 5.02 Å². The van der Waals surface area contributed by atoms with E-state index in [0.717, 1.165) is 13.0 Å². The molecule has 102 valence electrons. The smallest absolute Gasteiger partial charge is 0.253 e. The van der Waals surface area contributed by atoms with E-state index < -0.39 is 0 Å². The molecule has 0 unspecified atom stereocenters. The van der Waals surface area contributed by atoms with Gasteiger partial charge in [-0.05, 0) is 30.7 Å². The van der Waals surface area contributed by atoms with Gasteiger partial charge in [-0.1, -0.05) is 11.6 Å². The Hall–Kier alpha value is -1.55. The number of halogens is 1. The summed E-state index contributed by atoms with van der Waals surface area (Å²) in [5.74, 6) is 0.0721. The van der Waals surface area contributed by atoms with Crippen molar-refractivity contribution >= 4 is 23.4 Å². The normalized spacial score (nSPS) is 16.1. The van der Waals surface area contributed by atoms with Crippen molar-refractivity contribution in [2.24, 2.45) is 0 Å². The van der Waals surface area contributed by atoms with E-state index >= 15 is 0 Å². The first-order valence-corrected chi connectivity index (χ1v) is 6.76. The molecule has 0 bridgehead atoms. The van der Waals surface area contributed by atoms with Gasteiger partial charge in [-0.25, -0.2) is 0 Å². The SMILES string of the molecule is CC(=O)N1CCCN(C(=O)c2ccc(Cl)cc2)CC1. The van der Waals surface area contributed by atoms with Crippen LogP contribution in [0.1, 0.15) is 23.7 Å². The van der Waals surface area contributed by atoms with Crippen molar-refractivity contribution in [2.45, 2.75) is 13.3 Å². The number of hydrogen-bond donors (Lipinski definition) is 0. The van der Waals surface area contributed by atoms with Crippen LogP contribution < -0.4 is 0 Å². The second-order valence-electron chi connectivity index (χ2n) is 4.66. The Morgan fingerprint density at radius 2 is 1.58 bits per heavy atom. The van der Waals surface area contributed by atoms with Gasteiger partial charge in [-0.2, -0.15) is 0 Å². The molecule has 0 aromatic heterocycles. The average Bonchev–Trinajstić information content (AvgIpc) is 2.64. The van der Waals surface area contributed by atoms with Crippen molar-refractivity contribution < 1.29 is 9.59 Å². The van der Waals surface area contributed by atoms with Gasteiger partial charge in [0.05, 0.1) is 0 Å². The zero-order chi connectivity index (χ0) is 13.8. The summed E-state index contributed by atoms with van der Waals surface area (Å²) in [6.07, 6.45) is 0.818. The number of rotatable bonds is 1. The molecule has 0 spiro atoms. The lowest BCUT2D eigenvalue weighted by molar-refractivity contribution is -0.128. The Balaban J connectivity index is 2.03. The van der Waals surface area contributed by atoms with Crippen LogP contribution in [0.15, 0.2) is 24.3 Å². The van der Waals surface area contributed by atoms with Crippen molar-refractivity contribution in [1.82, 2.24) is 9.80 Å². The third-order valence-corrected chi connectivity index (χ3v) is 3.57. The summed E-state index contributed by atoms with van der Waals surface area (Å²) in [7, 11) is 0. The third-order valence-electron chi connectivity index (χ3n) is 3.32. The van der Waals surface area contributed by atoms with Crippen molar-refractivity contribution in [1.29, 1.82) is 0 Å². The second-order valence-corrected chi connectivity index (χ2v) is 5.10. The minimum atomic E-state index is 0.00192. The highest BCUT2D eigenvalue weighted by Gasteiger charge is 2.21. The van der Waals surface area contributed by atoms with Crippen molar-refractivity contribution in [3.63, 3.8) is 0 Å². The lowest BCUT2D eigenvalue weighted by Gasteiger charge is -2.21. The van der Waals surface area contributed by atoms with Crippen LogP contribution in [0.3, 0.4) is 0 Å². The maximum atomic E-state index is 12.3. The van der Waals surface area contributed by atoms with Gasteiger partial charge >= 0.3 is 0 Å².